The summed E-state index contributed by atoms with van der Waals surface area (Å²) in [4.78, 5) is 0. The summed E-state index contributed by atoms with van der Waals surface area (Å²) in [5, 5.41) is 0. The molecule has 0 rings (SSSR count). The van der Waals surface area contributed by atoms with E-state index >= 15 is 0 Å². The minimum absolute atomic E-state index is 0.828. The topological polar surface area (TPSA) is 0 Å². The Morgan fingerprint density at radius 1 is 1.09 bits per heavy atom. The van der Waals surface area contributed by atoms with E-state index in [9.17, 15) is 0 Å². The molecule has 68 valence electrons. The zero-order valence-electron chi connectivity index (χ0n) is 7.91. The van der Waals surface area contributed by atoms with Gasteiger partial charge in [-0.05, 0) is 12.3 Å². The molecule has 1 heteroatoms. The lowest BCUT2D eigenvalue weighted by atomic mass is 10.0. The Labute approximate surface area is 76.3 Å². The second kappa shape index (κ2) is 8.39. The van der Waals surface area contributed by atoms with Crippen molar-refractivity contribution in [2.24, 2.45) is 5.92 Å². The molecule has 0 nitrogen and oxygen atoms in total. The minimum Gasteiger partial charge on any atom is -0.127 e. The standard InChI is InChI=1S/C10H21Cl/c1-3-4-5-6-7-10(2)8-9-11/h10H,3-9H2,1-2H3. The third-order valence-corrected chi connectivity index (χ3v) is 2.37. The van der Waals surface area contributed by atoms with Gasteiger partial charge in [-0.25, -0.2) is 0 Å². The summed E-state index contributed by atoms with van der Waals surface area (Å²) >= 11 is 5.64. The van der Waals surface area contributed by atoms with Gasteiger partial charge in [0.25, 0.3) is 0 Å². The molecule has 0 N–H and O–H groups in total. The molecule has 0 aliphatic carbocycles. The summed E-state index contributed by atoms with van der Waals surface area (Å²) in [6.45, 7) is 4.55. The zero-order chi connectivity index (χ0) is 8.53. The quantitative estimate of drug-likeness (QED) is 0.403. The van der Waals surface area contributed by atoms with Crippen LogP contribution in [-0.4, -0.2) is 5.88 Å². The maximum atomic E-state index is 5.64. The van der Waals surface area contributed by atoms with E-state index in [1.165, 1.54) is 38.5 Å². The number of hydrogen-bond donors (Lipinski definition) is 0. The highest BCUT2D eigenvalue weighted by Crippen LogP contribution is 2.13. The molecule has 11 heavy (non-hydrogen) atoms. The van der Waals surface area contributed by atoms with E-state index in [1.54, 1.807) is 0 Å². The average Bonchev–Trinajstić information content (AvgIpc) is 1.99. The summed E-state index contributed by atoms with van der Waals surface area (Å²) in [7, 11) is 0. The molecular weight excluding hydrogens is 156 g/mol. The van der Waals surface area contributed by atoms with E-state index in [0.29, 0.717) is 0 Å². The lowest BCUT2D eigenvalue weighted by Gasteiger charge is -2.07. The Balaban J connectivity index is 2.97. The Morgan fingerprint density at radius 2 is 1.82 bits per heavy atom. The van der Waals surface area contributed by atoms with Gasteiger partial charge in [0, 0.05) is 5.88 Å². The number of rotatable bonds is 7. The first-order valence-electron chi connectivity index (χ1n) is 4.87. The fraction of sp³-hybridized carbons (Fsp3) is 1.00. The number of halogens is 1. The molecule has 0 saturated carbocycles. The van der Waals surface area contributed by atoms with Crippen molar-refractivity contribution in [3.05, 3.63) is 0 Å². The van der Waals surface area contributed by atoms with Gasteiger partial charge in [0.15, 0.2) is 0 Å². The average molecular weight is 177 g/mol. The fourth-order valence-corrected chi connectivity index (χ4v) is 1.62. The molecule has 0 aliphatic heterocycles. The molecule has 1 unspecified atom stereocenters. The van der Waals surface area contributed by atoms with Gasteiger partial charge in [-0.2, -0.15) is 0 Å². The third-order valence-electron chi connectivity index (χ3n) is 2.15. The molecule has 0 fully saturated rings. The maximum Gasteiger partial charge on any atom is 0.0225 e. The molecule has 0 amide bonds. The van der Waals surface area contributed by atoms with Crippen LogP contribution in [0.2, 0.25) is 0 Å². The van der Waals surface area contributed by atoms with Crippen molar-refractivity contribution in [2.75, 3.05) is 5.88 Å². The van der Waals surface area contributed by atoms with E-state index in [4.69, 9.17) is 11.6 Å². The van der Waals surface area contributed by atoms with Crippen molar-refractivity contribution >= 4 is 11.6 Å². The zero-order valence-corrected chi connectivity index (χ0v) is 8.66. The normalized spacial score (nSPS) is 13.4. The van der Waals surface area contributed by atoms with Crippen LogP contribution >= 0.6 is 11.6 Å². The lowest BCUT2D eigenvalue weighted by molar-refractivity contribution is 0.479. The predicted molar refractivity (Wildman–Crippen MR) is 53.3 cm³/mol. The van der Waals surface area contributed by atoms with Crippen LogP contribution in [0.5, 0.6) is 0 Å². The van der Waals surface area contributed by atoms with Gasteiger partial charge < -0.3 is 0 Å². The molecule has 0 radical (unpaired) electrons. The van der Waals surface area contributed by atoms with E-state index < -0.39 is 0 Å². The summed E-state index contributed by atoms with van der Waals surface area (Å²) < 4.78 is 0. The molecule has 0 bridgehead atoms. The van der Waals surface area contributed by atoms with Crippen LogP contribution in [-0.2, 0) is 0 Å². The third kappa shape index (κ3) is 8.19. The SMILES string of the molecule is CCCCCCC(C)CCCl. The second-order valence-corrected chi connectivity index (χ2v) is 3.81. The Morgan fingerprint density at radius 3 is 2.36 bits per heavy atom. The number of hydrogen-bond acceptors (Lipinski definition) is 0. The van der Waals surface area contributed by atoms with E-state index in [2.05, 4.69) is 13.8 Å². The highest BCUT2D eigenvalue weighted by molar-refractivity contribution is 6.17. The van der Waals surface area contributed by atoms with Crippen LogP contribution in [0.4, 0.5) is 0 Å². The van der Waals surface area contributed by atoms with Gasteiger partial charge in [-0.1, -0.05) is 46.0 Å². The number of alkyl halides is 1. The molecule has 0 spiro atoms. The van der Waals surface area contributed by atoms with Gasteiger partial charge in [0.1, 0.15) is 0 Å². The largest absolute Gasteiger partial charge is 0.127 e. The van der Waals surface area contributed by atoms with Gasteiger partial charge in [-0.15, -0.1) is 11.6 Å². The summed E-state index contributed by atoms with van der Waals surface area (Å²) in [6, 6.07) is 0. The highest BCUT2D eigenvalue weighted by Gasteiger charge is 1.99. The van der Waals surface area contributed by atoms with E-state index in [0.717, 1.165) is 11.8 Å². The van der Waals surface area contributed by atoms with Crippen LogP contribution in [0.25, 0.3) is 0 Å². The molecule has 0 aliphatic rings. The molecule has 0 aromatic heterocycles. The van der Waals surface area contributed by atoms with Crippen molar-refractivity contribution in [1.82, 2.24) is 0 Å². The molecular formula is C10H21Cl. The lowest BCUT2D eigenvalue weighted by Crippen LogP contribution is -1.95. The van der Waals surface area contributed by atoms with E-state index in [-0.39, 0.29) is 0 Å². The fourth-order valence-electron chi connectivity index (χ4n) is 1.25. The van der Waals surface area contributed by atoms with Gasteiger partial charge >= 0.3 is 0 Å². The van der Waals surface area contributed by atoms with Crippen LogP contribution in [0.15, 0.2) is 0 Å². The van der Waals surface area contributed by atoms with Crippen molar-refractivity contribution in [1.29, 1.82) is 0 Å². The van der Waals surface area contributed by atoms with Crippen LogP contribution in [0.1, 0.15) is 52.4 Å². The van der Waals surface area contributed by atoms with Gasteiger partial charge in [0.05, 0.1) is 0 Å². The molecule has 1 atom stereocenters. The van der Waals surface area contributed by atoms with Crippen molar-refractivity contribution in [3.8, 4) is 0 Å². The van der Waals surface area contributed by atoms with Crippen molar-refractivity contribution in [2.45, 2.75) is 52.4 Å². The van der Waals surface area contributed by atoms with Crippen LogP contribution < -0.4 is 0 Å². The molecule has 0 saturated heterocycles. The summed E-state index contributed by atoms with van der Waals surface area (Å²) in [5.41, 5.74) is 0. The monoisotopic (exact) mass is 176 g/mol. The first-order chi connectivity index (χ1) is 5.31. The van der Waals surface area contributed by atoms with Crippen molar-refractivity contribution in [3.63, 3.8) is 0 Å². The maximum absolute atomic E-state index is 5.64. The smallest absolute Gasteiger partial charge is 0.0225 e. The van der Waals surface area contributed by atoms with Crippen LogP contribution in [0, 0.1) is 5.92 Å². The van der Waals surface area contributed by atoms with Crippen LogP contribution in [0.3, 0.4) is 0 Å². The summed E-state index contributed by atoms with van der Waals surface area (Å²) in [6.07, 6.45) is 8.09. The summed E-state index contributed by atoms with van der Waals surface area (Å²) in [5.74, 6) is 1.67. The second-order valence-electron chi connectivity index (χ2n) is 3.43. The van der Waals surface area contributed by atoms with Gasteiger partial charge in [0.2, 0.25) is 0 Å². The Kier molecular flexibility index (Phi) is 8.61. The number of unbranched alkanes of at least 4 members (excludes halogenated alkanes) is 3. The Bertz CT molecular complexity index is 71.3. The molecule has 0 heterocycles. The molecule has 0 aromatic rings. The van der Waals surface area contributed by atoms with E-state index in [1.807, 2.05) is 0 Å². The molecule has 0 aromatic carbocycles. The predicted octanol–water partition coefficient (Wildman–Crippen LogP) is 4.22. The Hall–Kier alpha value is 0.290. The van der Waals surface area contributed by atoms with Gasteiger partial charge in [-0.3, -0.25) is 0 Å². The highest BCUT2D eigenvalue weighted by atomic mass is 35.5. The first-order valence-corrected chi connectivity index (χ1v) is 5.40. The minimum atomic E-state index is 0.828. The van der Waals surface area contributed by atoms with Crippen molar-refractivity contribution < 1.29 is 0 Å². The first kappa shape index (κ1) is 11.3.